The molecule has 1 saturated heterocycles. The van der Waals surface area contributed by atoms with Crippen LogP contribution in [0.4, 0.5) is 4.39 Å². The molecule has 94 valence electrons. The van der Waals surface area contributed by atoms with Crippen LogP contribution >= 0.6 is 0 Å². The van der Waals surface area contributed by atoms with E-state index < -0.39 is 0 Å². The molecule has 0 aromatic heterocycles. The highest BCUT2D eigenvalue weighted by Crippen LogP contribution is 2.28. The number of methoxy groups -OCH3 is 1. The summed E-state index contributed by atoms with van der Waals surface area (Å²) in [5.41, 5.74) is 2.08. The van der Waals surface area contributed by atoms with Crippen LogP contribution < -0.4 is 5.32 Å². The van der Waals surface area contributed by atoms with Crippen molar-refractivity contribution in [1.82, 2.24) is 5.32 Å². The third-order valence-electron chi connectivity index (χ3n) is 3.77. The number of nitrogens with one attached hydrogen (secondary N) is 1. The highest BCUT2D eigenvalue weighted by atomic mass is 19.1. The summed E-state index contributed by atoms with van der Waals surface area (Å²) in [6, 6.07) is 4.99. The topological polar surface area (TPSA) is 21.3 Å². The first kappa shape index (κ1) is 12.5. The van der Waals surface area contributed by atoms with Gasteiger partial charge in [-0.2, -0.15) is 0 Å². The van der Waals surface area contributed by atoms with Crippen molar-refractivity contribution in [3.05, 3.63) is 35.1 Å². The average molecular weight is 237 g/mol. The predicted octanol–water partition coefficient (Wildman–Crippen LogP) is 2.45. The first-order valence-electron chi connectivity index (χ1n) is 6.16. The summed E-state index contributed by atoms with van der Waals surface area (Å²) in [6.07, 6.45) is 2.77. The fourth-order valence-corrected chi connectivity index (χ4v) is 2.51. The summed E-state index contributed by atoms with van der Waals surface area (Å²) in [5.74, 6) is -0.161. The molecule has 0 unspecified atom stereocenters. The number of hydrogen-bond acceptors (Lipinski definition) is 2. The number of hydrogen-bond donors (Lipinski definition) is 1. The molecule has 1 aliphatic rings. The van der Waals surface area contributed by atoms with Crippen LogP contribution in [0, 0.1) is 12.7 Å². The fourth-order valence-electron chi connectivity index (χ4n) is 2.51. The Bertz CT molecular complexity index is 386. The molecule has 0 spiro atoms. The Morgan fingerprint density at radius 3 is 2.71 bits per heavy atom. The number of rotatable bonds is 3. The SMILES string of the molecule is COC1(Cc2cc(F)ccc2C)CCNCC1. The van der Waals surface area contributed by atoms with Gasteiger partial charge in [0.2, 0.25) is 0 Å². The van der Waals surface area contributed by atoms with Gasteiger partial charge in [-0.15, -0.1) is 0 Å². The smallest absolute Gasteiger partial charge is 0.123 e. The lowest BCUT2D eigenvalue weighted by Gasteiger charge is -2.37. The summed E-state index contributed by atoms with van der Waals surface area (Å²) in [4.78, 5) is 0. The molecule has 0 aliphatic carbocycles. The molecule has 17 heavy (non-hydrogen) atoms. The summed E-state index contributed by atoms with van der Waals surface area (Å²) in [7, 11) is 1.76. The van der Waals surface area contributed by atoms with Crippen LogP contribution in [0.2, 0.25) is 0 Å². The summed E-state index contributed by atoms with van der Waals surface area (Å²) in [5, 5.41) is 3.33. The van der Waals surface area contributed by atoms with Gasteiger partial charge in [0.25, 0.3) is 0 Å². The Balaban J connectivity index is 2.20. The zero-order valence-corrected chi connectivity index (χ0v) is 10.6. The standard InChI is InChI=1S/C14H20FNO/c1-11-3-4-13(15)9-12(11)10-14(17-2)5-7-16-8-6-14/h3-4,9,16H,5-8,10H2,1-2H3. The zero-order valence-electron chi connectivity index (χ0n) is 10.6. The lowest BCUT2D eigenvalue weighted by atomic mass is 9.84. The average Bonchev–Trinajstić information content (AvgIpc) is 2.35. The molecule has 2 rings (SSSR count). The molecule has 1 aliphatic heterocycles. The number of ether oxygens (including phenoxy) is 1. The molecule has 0 amide bonds. The quantitative estimate of drug-likeness (QED) is 0.872. The molecule has 0 saturated carbocycles. The van der Waals surface area contributed by atoms with Crippen molar-refractivity contribution in [3.8, 4) is 0 Å². The second-order valence-corrected chi connectivity index (χ2v) is 4.88. The van der Waals surface area contributed by atoms with Gasteiger partial charge in [-0.25, -0.2) is 4.39 Å². The second-order valence-electron chi connectivity index (χ2n) is 4.88. The van der Waals surface area contributed by atoms with Gasteiger partial charge in [0.1, 0.15) is 5.82 Å². The molecule has 0 atom stereocenters. The Kier molecular flexibility index (Phi) is 3.79. The van der Waals surface area contributed by atoms with Crippen molar-refractivity contribution in [2.75, 3.05) is 20.2 Å². The Labute approximate surface area is 102 Å². The van der Waals surface area contributed by atoms with Crippen LogP contribution in [0.3, 0.4) is 0 Å². The molecule has 1 aromatic carbocycles. The van der Waals surface area contributed by atoms with Crippen LogP contribution in [-0.4, -0.2) is 25.8 Å². The van der Waals surface area contributed by atoms with E-state index in [2.05, 4.69) is 5.32 Å². The maximum atomic E-state index is 13.3. The maximum Gasteiger partial charge on any atom is 0.123 e. The van der Waals surface area contributed by atoms with Gasteiger partial charge in [0.15, 0.2) is 0 Å². The molecule has 1 N–H and O–H groups in total. The third-order valence-corrected chi connectivity index (χ3v) is 3.77. The highest BCUT2D eigenvalue weighted by Gasteiger charge is 2.32. The van der Waals surface area contributed by atoms with E-state index in [1.807, 2.05) is 13.0 Å². The van der Waals surface area contributed by atoms with Gasteiger partial charge >= 0.3 is 0 Å². The van der Waals surface area contributed by atoms with Crippen LogP contribution in [0.1, 0.15) is 24.0 Å². The van der Waals surface area contributed by atoms with Crippen molar-refractivity contribution in [2.45, 2.75) is 31.8 Å². The number of aryl methyl sites for hydroxylation is 1. The first-order chi connectivity index (χ1) is 8.15. The predicted molar refractivity (Wildman–Crippen MR) is 66.7 cm³/mol. The van der Waals surface area contributed by atoms with E-state index >= 15 is 0 Å². The van der Waals surface area contributed by atoms with Crippen molar-refractivity contribution >= 4 is 0 Å². The Morgan fingerprint density at radius 1 is 1.35 bits per heavy atom. The van der Waals surface area contributed by atoms with E-state index in [0.29, 0.717) is 0 Å². The van der Waals surface area contributed by atoms with Gasteiger partial charge in [-0.1, -0.05) is 6.07 Å². The minimum atomic E-state index is -0.161. The van der Waals surface area contributed by atoms with Crippen molar-refractivity contribution in [3.63, 3.8) is 0 Å². The summed E-state index contributed by atoms with van der Waals surface area (Å²) < 4.78 is 19.0. The van der Waals surface area contributed by atoms with Gasteiger partial charge < -0.3 is 10.1 Å². The molecule has 1 heterocycles. The third kappa shape index (κ3) is 2.85. The van der Waals surface area contributed by atoms with Crippen LogP contribution in [0.5, 0.6) is 0 Å². The Hall–Kier alpha value is -0.930. The van der Waals surface area contributed by atoms with Gasteiger partial charge in [0, 0.05) is 13.5 Å². The molecule has 0 radical (unpaired) electrons. The van der Waals surface area contributed by atoms with E-state index in [-0.39, 0.29) is 11.4 Å². The molecule has 0 bridgehead atoms. The van der Waals surface area contributed by atoms with E-state index in [1.165, 1.54) is 6.07 Å². The lowest BCUT2D eigenvalue weighted by Crippen LogP contribution is -2.45. The second kappa shape index (κ2) is 5.15. The van der Waals surface area contributed by atoms with Gasteiger partial charge in [-0.3, -0.25) is 0 Å². The fraction of sp³-hybridized carbons (Fsp3) is 0.571. The normalized spacial score (nSPS) is 19.2. The molecule has 1 aromatic rings. The van der Waals surface area contributed by atoms with Crippen molar-refractivity contribution in [1.29, 1.82) is 0 Å². The molecule has 3 heteroatoms. The van der Waals surface area contributed by atoms with E-state index in [4.69, 9.17) is 4.74 Å². The van der Waals surface area contributed by atoms with E-state index in [0.717, 1.165) is 43.5 Å². The first-order valence-corrected chi connectivity index (χ1v) is 6.16. The molecular weight excluding hydrogens is 217 g/mol. The van der Waals surface area contributed by atoms with Crippen LogP contribution in [-0.2, 0) is 11.2 Å². The van der Waals surface area contributed by atoms with E-state index in [1.54, 1.807) is 13.2 Å². The van der Waals surface area contributed by atoms with Gasteiger partial charge in [-0.05, 0) is 56.1 Å². The number of piperidine rings is 1. The van der Waals surface area contributed by atoms with Crippen molar-refractivity contribution in [2.24, 2.45) is 0 Å². The van der Waals surface area contributed by atoms with Crippen LogP contribution in [0.15, 0.2) is 18.2 Å². The number of halogens is 1. The van der Waals surface area contributed by atoms with E-state index in [9.17, 15) is 4.39 Å². The Morgan fingerprint density at radius 2 is 2.06 bits per heavy atom. The zero-order chi connectivity index (χ0) is 12.3. The highest BCUT2D eigenvalue weighted by molar-refractivity contribution is 5.28. The molecular formula is C14H20FNO. The lowest BCUT2D eigenvalue weighted by molar-refractivity contribution is -0.0335. The molecule has 1 fully saturated rings. The largest absolute Gasteiger partial charge is 0.378 e. The monoisotopic (exact) mass is 237 g/mol. The minimum Gasteiger partial charge on any atom is -0.378 e. The minimum absolute atomic E-state index is 0.121. The van der Waals surface area contributed by atoms with Crippen LogP contribution in [0.25, 0.3) is 0 Å². The summed E-state index contributed by atoms with van der Waals surface area (Å²) >= 11 is 0. The molecule has 2 nitrogen and oxygen atoms in total. The van der Waals surface area contributed by atoms with Crippen molar-refractivity contribution < 1.29 is 9.13 Å². The maximum absolute atomic E-state index is 13.3. The summed E-state index contributed by atoms with van der Waals surface area (Å²) in [6.45, 7) is 3.98. The number of benzene rings is 1. The van der Waals surface area contributed by atoms with Gasteiger partial charge in [0.05, 0.1) is 5.60 Å².